The van der Waals surface area contributed by atoms with Crippen molar-refractivity contribution in [2.75, 3.05) is 21.2 Å². The van der Waals surface area contributed by atoms with E-state index in [4.69, 9.17) is 34.3 Å². The fourth-order valence-corrected chi connectivity index (χ4v) is 9.88. The molecule has 2 aromatic rings. The summed E-state index contributed by atoms with van der Waals surface area (Å²) in [5, 5.41) is 25.0. The predicted octanol–water partition coefficient (Wildman–Crippen LogP) is 3.52. The zero-order chi connectivity index (χ0) is 44.4. The van der Waals surface area contributed by atoms with Gasteiger partial charge in [0.05, 0.1) is 24.0 Å². The molecule has 3 saturated heterocycles. The molecule has 19 heteroatoms. The summed E-state index contributed by atoms with van der Waals surface area (Å²) in [6.45, 7) is 15.2. The summed E-state index contributed by atoms with van der Waals surface area (Å²) in [6.07, 6.45) is -0.0796. The van der Waals surface area contributed by atoms with Crippen molar-refractivity contribution < 1.29 is 52.8 Å². The Hall–Kier alpha value is -4.01. The highest BCUT2D eigenvalue weighted by atomic mass is 32.1. The van der Waals surface area contributed by atoms with Gasteiger partial charge in [0.1, 0.15) is 35.5 Å². The number of methoxy groups -OCH3 is 1. The van der Waals surface area contributed by atoms with Gasteiger partial charge < -0.3 is 44.3 Å². The van der Waals surface area contributed by atoms with Crippen molar-refractivity contribution in [2.45, 2.75) is 136 Å². The molecule has 3 N–H and O–H groups in total. The van der Waals surface area contributed by atoms with Crippen LogP contribution < -0.4 is 5.73 Å². The summed E-state index contributed by atoms with van der Waals surface area (Å²) in [5.74, 6) is -8.94. The highest BCUT2D eigenvalue weighted by Gasteiger charge is 2.62. The van der Waals surface area contributed by atoms with Gasteiger partial charge in [-0.15, -0.1) is 10.2 Å². The quantitative estimate of drug-likeness (QED) is 0.114. The third-order valence-electron chi connectivity index (χ3n) is 12.6. The van der Waals surface area contributed by atoms with Crippen molar-refractivity contribution in [3.63, 3.8) is 0 Å². The normalized spacial score (nSPS) is 37.9. The Morgan fingerprint density at radius 2 is 1.77 bits per heavy atom. The molecule has 0 spiro atoms. The summed E-state index contributed by atoms with van der Waals surface area (Å²) in [5.41, 5.74) is 4.20. The van der Waals surface area contributed by atoms with E-state index in [1.807, 2.05) is 25.9 Å². The average molecular weight is 860 g/mol. The maximum Gasteiger partial charge on any atom is 0.317 e. The molecule has 1 unspecified atom stereocenters. The molecule has 0 radical (unpaired) electrons. The van der Waals surface area contributed by atoms with Gasteiger partial charge in [-0.25, -0.2) is 0 Å². The molecule has 0 amide bonds. The van der Waals surface area contributed by atoms with Crippen LogP contribution in [0.1, 0.15) is 92.7 Å². The largest absolute Gasteiger partial charge is 0.458 e. The van der Waals surface area contributed by atoms with E-state index in [0.717, 1.165) is 0 Å². The first-order chi connectivity index (χ1) is 28.2. The molecule has 60 heavy (non-hydrogen) atoms. The molecule has 0 saturated carbocycles. The van der Waals surface area contributed by atoms with Gasteiger partial charge in [0, 0.05) is 49.2 Å². The minimum Gasteiger partial charge on any atom is -0.458 e. The third-order valence-corrected chi connectivity index (χ3v) is 13.7. The minimum absolute atomic E-state index is 0.0476. The topological polar surface area (TPSA) is 237 Å². The monoisotopic (exact) mass is 859 g/mol. The van der Waals surface area contributed by atoms with Gasteiger partial charge in [0.15, 0.2) is 39.6 Å². The van der Waals surface area contributed by atoms with Gasteiger partial charge in [-0.2, -0.15) is 0 Å². The number of aromatic nitrogens is 4. The zero-order valence-corrected chi connectivity index (χ0v) is 37.4. The highest BCUT2D eigenvalue weighted by molar-refractivity contribution is 7.14. The van der Waals surface area contributed by atoms with Gasteiger partial charge in [0.2, 0.25) is 0 Å². The van der Waals surface area contributed by atoms with E-state index in [9.17, 15) is 24.3 Å². The molecule has 5 rings (SSSR count). The number of oxime groups is 1. The Kier molecular flexibility index (Phi) is 14.9. The molecule has 18 nitrogen and oxygen atoms in total. The summed E-state index contributed by atoms with van der Waals surface area (Å²) in [6, 6.07) is -0.311. The van der Waals surface area contributed by atoms with Crippen molar-refractivity contribution in [3.05, 3.63) is 23.6 Å². The second-order valence-corrected chi connectivity index (χ2v) is 18.1. The van der Waals surface area contributed by atoms with Crippen LogP contribution in [-0.4, -0.2) is 129 Å². The standard InChI is InChI=1S/C41H61N7O11S/c1-13-27-41(9)29(28(38(53)58-41)34(42)47-59-24(7)35-45-46-36(60-35)25-18-43-14-15-44-25)21(4)30(49)19(2)17-40(8,54-12)33(22(5)31(50)23(6)37(52)56-27)57-39-32(51)26(48(10)11)16-20(3)55-39/h14-15,18-24,26-29,32-33,39,51H,13,16-17H2,1-12H3,(H2,42,47)/t19-,20-,21-,22+,23-,24+,26+,27+,28-,29+,32-,33-,39?,40-,41-/m1/s1. The number of esters is 2. The molecule has 3 aliphatic rings. The number of ether oxygens (including phenoxy) is 5. The van der Waals surface area contributed by atoms with Crippen LogP contribution in [0.2, 0.25) is 0 Å². The number of hydrogen-bond donors (Lipinski definition) is 2. The van der Waals surface area contributed by atoms with E-state index in [1.54, 1.807) is 67.1 Å². The maximum absolute atomic E-state index is 14.8. The van der Waals surface area contributed by atoms with Gasteiger partial charge in [0.25, 0.3) is 0 Å². The molecule has 332 valence electrons. The number of likely N-dealkylation sites (N-methyl/N-ethyl adjacent to an activating group) is 1. The van der Waals surface area contributed by atoms with Crippen molar-refractivity contribution in [2.24, 2.45) is 46.4 Å². The molecule has 5 heterocycles. The molecular weight excluding hydrogens is 799 g/mol. The number of rotatable bonds is 10. The number of cyclic esters (lactones) is 1. The molecule has 0 bridgehead atoms. The minimum atomic E-state index is -1.58. The lowest BCUT2D eigenvalue weighted by atomic mass is 9.67. The van der Waals surface area contributed by atoms with Gasteiger partial charge in [-0.1, -0.05) is 44.2 Å². The number of aliphatic hydroxyl groups is 1. The maximum atomic E-state index is 14.8. The van der Waals surface area contributed by atoms with Gasteiger partial charge >= 0.3 is 11.9 Å². The molecule has 15 atom stereocenters. The number of ketones is 2. The number of hydrogen-bond acceptors (Lipinski definition) is 18. The molecule has 2 aromatic heterocycles. The Morgan fingerprint density at radius 1 is 1.07 bits per heavy atom. The van der Waals surface area contributed by atoms with Crippen LogP contribution in [0, 0.1) is 35.5 Å². The highest BCUT2D eigenvalue weighted by Crippen LogP contribution is 2.48. The summed E-state index contributed by atoms with van der Waals surface area (Å²) in [7, 11) is 5.16. The SMILES string of the molecule is CC[C@@H]1OC(=O)[C@H](C)C(=O)[C@H](C)[C@@H](OC2O[C@H](C)C[C@H](N(C)C)[C@H]2O)[C@](C)(OC)C[C@@H](C)C(=O)[C@H](C)[C@H]2[C@H](/C(N)=N/O[C@@H](C)c3nnc(-c4cnccn4)s3)C(=O)O[C@@]21C. The molecule has 3 fully saturated rings. The van der Waals surface area contributed by atoms with Crippen molar-refractivity contribution in [3.8, 4) is 10.7 Å². The summed E-state index contributed by atoms with van der Waals surface area (Å²) in [4.78, 5) is 73.1. The zero-order valence-electron chi connectivity index (χ0n) is 36.6. The first kappa shape index (κ1) is 47.0. The van der Waals surface area contributed by atoms with E-state index < -0.39 is 95.1 Å². The lowest BCUT2D eigenvalue weighted by Gasteiger charge is -2.47. The number of nitrogens with two attached hydrogens (primary N) is 1. The smallest absolute Gasteiger partial charge is 0.317 e. The molecular formula is C41H61N7O11S. The fraction of sp³-hybridized carbons (Fsp3) is 0.732. The molecule has 0 aliphatic carbocycles. The lowest BCUT2D eigenvalue weighted by molar-refractivity contribution is -0.295. The van der Waals surface area contributed by atoms with Crippen LogP contribution in [0.15, 0.2) is 23.7 Å². The Balaban J connectivity index is 1.51. The first-order valence-corrected chi connectivity index (χ1v) is 21.3. The van der Waals surface area contributed by atoms with Crippen LogP contribution in [0.3, 0.4) is 0 Å². The van der Waals surface area contributed by atoms with E-state index in [-0.39, 0.29) is 36.6 Å². The van der Waals surface area contributed by atoms with E-state index >= 15 is 0 Å². The predicted molar refractivity (Wildman–Crippen MR) is 218 cm³/mol. The number of carbonyl (C=O) groups is 4. The Labute approximate surface area is 355 Å². The molecule has 3 aliphatic heterocycles. The van der Waals surface area contributed by atoms with E-state index in [1.165, 1.54) is 25.4 Å². The van der Waals surface area contributed by atoms with Crippen LogP contribution in [0.25, 0.3) is 10.7 Å². The first-order valence-electron chi connectivity index (χ1n) is 20.5. The second kappa shape index (κ2) is 18.9. The summed E-state index contributed by atoms with van der Waals surface area (Å²) < 4.78 is 31.1. The van der Waals surface area contributed by atoms with Crippen LogP contribution in [0.4, 0.5) is 0 Å². The van der Waals surface area contributed by atoms with Gasteiger partial charge in [-0.05, 0) is 68.0 Å². The number of amidine groups is 1. The fourth-order valence-electron chi connectivity index (χ4n) is 9.10. The van der Waals surface area contributed by atoms with Crippen molar-refractivity contribution in [1.29, 1.82) is 0 Å². The van der Waals surface area contributed by atoms with Crippen LogP contribution >= 0.6 is 11.3 Å². The number of nitrogens with zero attached hydrogens (tertiary/aromatic N) is 6. The molecule has 0 aromatic carbocycles. The van der Waals surface area contributed by atoms with Crippen molar-refractivity contribution in [1.82, 2.24) is 25.1 Å². The number of fused-ring (bicyclic) bond motifs is 1. The number of aliphatic hydroxyl groups excluding tert-OH is 1. The van der Waals surface area contributed by atoms with E-state index in [0.29, 0.717) is 22.1 Å². The van der Waals surface area contributed by atoms with Crippen LogP contribution in [0.5, 0.6) is 0 Å². The average Bonchev–Trinajstić information content (AvgIpc) is 3.83. The van der Waals surface area contributed by atoms with E-state index in [2.05, 4.69) is 25.3 Å². The van der Waals surface area contributed by atoms with Crippen LogP contribution in [-0.2, 0) is 47.7 Å². The Morgan fingerprint density at radius 3 is 2.38 bits per heavy atom. The lowest BCUT2D eigenvalue weighted by Crippen LogP contribution is -2.59. The third kappa shape index (κ3) is 9.40. The Bertz CT molecular complexity index is 1880. The number of Topliss-reactive ketones (excluding diaryl/α,β-unsaturated/α-hetero) is 2. The van der Waals surface area contributed by atoms with Crippen molar-refractivity contribution >= 4 is 40.7 Å². The van der Waals surface area contributed by atoms with Gasteiger partial charge in [-0.3, -0.25) is 29.1 Å². The second-order valence-electron chi connectivity index (χ2n) is 17.1. The summed E-state index contributed by atoms with van der Waals surface area (Å²) >= 11 is 1.22. The number of carbonyl (C=O) groups excluding carboxylic acids is 4.